The quantitative estimate of drug-likeness (QED) is 0.699. The number of aryl methyl sites for hydroxylation is 1. The summed E-state index contributed by atoms with van der Waals surface area (Å²) >= 11 is 0. The Morgan fingerprint density at radius 3 is 3.07 bits per heavy atom. The number of unbranched alkanes of at least 4 members (excludes halogenated alkanes) is 2. The van der Waals surface area contributed by atoms with Crippen molar-refractivity contribution in [3.63, 3.8) is 0 Å². The van der Waals surface area contributed by atoms with Crippen molar-refractivity contribution < 1.29 is 4.52 Å². The molecule has 0 atom stereocenters. The van der Waals surface area contributed by atoms with Gasteiger partial charge in [-0.2, -0.15) is 5.26 Å². The molecule has 0 bridgehead atoms. The van der Waals surface area contributed by atoms with Crippen molar-refractivity contribution in [2.75, 3.05) is 6.54 Å². The summed E-state index contributed by atoms with van der Waals surface area (Å²) in [5, 5.41) is 15.4. The van der Waals surface area contributed by atoms with Crippen LogP contribution in [0.3, 0.4) is 0 Å². The minimum atomic E-state index is 0.644. The molecule has 76 valence electrons. The highest BCUT2D eigenvalue weighted by molar-refractivity contribution is 5.02. The second kappa shape index (κ2) is 6.17. The van der Waals surface area contributed by atoms with Gasteiger partial charge in [0.25, 0.3) is 0 Å². The smallest absolute Gasteiger partial charge is 0.133 e. The van der Waals surface area contributed by atoms with Crippen molar-refractivity contribution in [1.82, 2.24) is 10.5 Å². The highest BCUT2D eigenvalue weighted by Gasteiger charge is 1.98. The van der Waals surface area contributed by atoms with Crippen LogP contribution in [0.15, 0.2) is 10.6 Å². The zero-order valence-corrected chi connectivity index (χ0v) is 8.42. The Kier molecular flexibility index (Phi) is 4.73. The van der Waals surface area contributed by atoms with Gasteiger partial charge in [0.15, 0.2) is 0 Å². The first-order valence-electron chi connectivity index (χ1n) is 4.83. The minimum Gasteiger partial charge on any atom is -0.361 e. The van der Waals surface area contributed by atoms with Gasteiger partial charge in [0.05, 0.1) is 11.8 Å². The SMILES string of the molecule is Cc1cc(CNCCCCC#N)no1. The maximum absolute atomic E-state index is 8.31. The van der Waals surface area contributed by atoms with Gasteiger partial charge in [-0.25, -0.2) is 0 Å². The molecule has 4 nitrogen and oxygen atoms in total. The first-order valence-corrected chi connectivity index (χ1v) is 4.83. The normalized spacial score (nSPS) is 10.0. The van der Waals surface area contributed by atoms with Crippen molar-refractivity contribution in [3.05, 3.63) is 17.5 Å². The molecule has 1 rings (SSSR count). The third kappa shape index (κ3) is 4.06. The van der Waals surface area contributed by atoms with Gasteiger partial charge in [0.2, 0.25) is 0 Å². The van der Waals surface area contributed by atoms with Crippen LogP contribution in [0.5, 0.6) is 0 Å². The molecule has 1 heterocycles. The fourth-order valence-electron chi connectivity index (χ4n) is 1.17. The van der Waals surface area contributed by atoms with E-state index in [0.29, 0.717) is 6.42 Å². The lowest BCUT2D eigenvalue weighted by Gasteiger charge is -1.99. The number of nitrogens with zero attached hydrogens (tertiary/aromatic N) is 2. The van der Waals surface area contributed by atoms with E-state index < -0.39 is 0 Å². The number of aromatic nitrogens is 1. The van der Waals surface area contributed by atoms with Crippen molar-refractivity contribution in [3.8, 4) is 6.07 Å². The third-order valence-electron chi connectivity index (χ3n) is 1.88. The highest BCUT2D eigenvalue weighted by Crippen LogP contribution is 2.00. The maximum Gasteiger partial charge on any atom is 0.133 e. The van der Waals surface area contributed by atoms with Gasteiger partial charge in [0.1, 0.15) is 5.76 Å². The summed E-state index contributed by atoms with van der Waals surface area (Å²) in [6, 6.07) is 4.04. The van der Waals surface area contributed by atoms with Gasteiger partial charge < -0.3 is 9.84 Å². The molecule has 0 radical (unpaired) electrons. The number of rotatable bonds is 6. The van der Waals surface area contributed by atoms with Crippen LogP contribution in [-0.2, 0) is 6.54 Å². The first-order chi connectivity index (χ1) is 6.83. The zero-order chi connectivity index (χ0) is 10.2. The van der Waals surface area contributed by atoms with E-state index in [1.165, 1.54) is 0 Å². The molecular weight excluding hydrogens is 178 g/mol. The van der Waals surface area contributed by atoms with Crippen LogP contribution in [-0.4, -0.2) is 11.7 Å². The van der Waals surface area contributed by atoms with Crippen molar-refractivity contribution in [2.45, 2.75) is 32.7 Å². The van der Waals surface area contributed by atoms with E-state index in [4.69, 9.17) is 9.78 Å². The Labute approximate surface area is 83.9 Å². The summed E-state index contributed by atoms with van der Waals surface area (Å²) in [5.41, 5.74) is 0.933. The second-order valence-corrected chi connectivity index (χ2v) is 3.22. The average Bonchev–Trinajstić information content (AvgIpc) is 2.58. The average molecular weight is 193 g/mol. The zero-order valence-electron chi connectivity index (χ0n) is 8.42. The van der Waals surface area contributed by atoms with Crippen molar-refractivity contribution in [2.24, 2.45) is 0 Å². The van der Waals surface area contributed by atoms with Crippen LogP contribution < -0.4 is 5.32 Å². The van der Waals surface area contributed by atoms with E-state index in [9.17, 15) is 0 Å². The molecule has 0 saturated heterocycles. The van der Waals surface area contributed by atoms with Crippen molar-refractivity contribution in [1.29, 1.82) is 5.26 Å². The Morgan fingerprint density at radius 1 is 1.57 bits per heavy atom. The van der Waals surface area contributed by atoms with Crippen LogP contribution in [0.1, 0.15) is 30.7 Å². The van der Waals surface area contributed by atoms with E-state index in [2.05, 4.69) is 16.5 Å². The molecule has 1 aromatic heterocycles. The third-order valence-corrected chi connectivity index (χ3v) is 1.88. The molecule has 4 heteroatoms. The molecule has 0 aliphatic rings. The topological polar surface area (TPSA) is 61.9 Å². The van der Waals surface area contributed by atoms with Gasteiger partial charge in [-0.15, -0.1) is 0 Å². The minimum absolute atomic E-state index is 0.644. The van der Waals surface area contributed by atoms with E-state index in [1.54, 1.807) is 0 Å². The lowest BCUT2D eigenvalue weighted by Crippen LogP contribution is -2.14. The van der Waals surface area contributed by atoms with E-state index in [1.807, 2.05) is 13.0 Å². The summed E-state index contributed by atoms with van der Waals surface area (Å²) in [4.78, 5) is 0. The van der Waals surface area contributed by atoms with Gasteiger partial charge >= 0.3 is 0 Å². The molecule has 0 fully saturated rings. The lowest BCUT2D eigenvalue weighted by molar-refractivity contribution is 0.388. The summed E-state index contributed by atoms with van der Waals surface area (Å²) < 4.78 is 4.93. The monoisotopic (exact) mass is 193 g/mol. The number of nitrogens with one attached hydrogen (secondary N) is 1. The van der Waals surface area contributed by atoms with E-state index in [-0.39, 0.29) is 0 Å². The fraction of sp³-hybridized carbons (Fsp3) is 0.600. The van der Waals surface area contributed by atoms with Crippen LogP contribution >= 0.6 is 0 Å². The van der Waals surface area contributed by atoms with Gasteiger partial charge in [-0.1, -0.05) is 5.16 Å². The molecule has 0 aromatic carbocycles. The Balaban J connectivity index is 2.02. The molecule has 0 spiro atoms. The maximum atomic E-state index is 8.31. The molecule has 14 heavy (non-hydrogen) atoms. The van der Waals surface area contributed by atoms with Crippen molar-refractivity contribution >= 4 is 0 Å². The van der Waals surface area contributed by atoms with E-state index in [0.717, 1.165) is 37.4 Å². The molecule has 0 aliphatic heterocycles. The first kappa shape index (κ1) is 10.7. The largest absolute Gasteiger partial charge is 0.361 e. The van der Waals surface area contributed by atoms with Crippen LogP contribution in [0.4, 0.5) is 0 Å². The predicted molar refractivity (Wildman–Crippen MR) is 52.4 cm³/mol. The van der Waals surface area contributed by atoms with Crippen LogP contribution in [0.2, 0.25) is 0 Å². The summed E-state index contributed by atoms with van der Waals surface area (Å²) in [6.07, 6.45) is 2.64. The molecular formula is C10H15N3O. The van der Waals surface area contributed by atoms with Crippen LogP contribution in [0, 0.1) is 18.3 Å². The molecule has 0 saturated carbocycles. The molecule has 1 aromatic rings. The lowest BCUT2D eigenvalue weighted by atomic mass is 10.2. The summed E-state index contributed by atoms with van der Waals surface area (Å²) in [6.45, 7) is 3.54. The Hall–Kier alpha value is -1.34. The summed E-state index contributed by atoms with van der Waals surface area (Å²) in [5.74, 6) is 0.839. The van der Waals surface area contributed by atoms with Gasteiger partial charge in [-0.05, 0) is 26.3 Å². The standard InChI is InChI=1S/C10H15N3O/c1-9-7-10(13-14-9)8-12-6-4-2-3-5-11/h7,12H,2-4,6,8H2,1H3. The Morgan fingerprint density at radius 2 is 2.43 bits per heavy atom. The molecule has 0 unspecified atom stereocenters. The fourth-order valence-corrected chi connectivity index (χ4v) is 1.17. The second-order valence-electron chi connectivity index (χ2n) is 3.22. The predicted octanol–water partition coefficient (Wildman–Crippen LogP) is 1.77. The highest BCUT2D eigenvalue weighted by atomic mass is 16.5. The van der Waals surface area contributed by atoms with Crippen LogP contribution in [0.25, 0.3) is 0 Å². The van der Waals surface area contributed by atoms with Gasteiger partial charge in [0, 0.05) is 19.0 Å². The molecule has 0 amide bonds. The number of hydrogen-bond acceptors (Lipinski definition) is 4. The number of nitriles is 1. The summed E-state index contributed by atoms with van der Waals surface area (Å²) in [7, 11) is 0. The Bertz CT molecular complexity index is 301. The van der Waals surface area contributed by atoms with Gasteiger partial charge in [-0.3, -0.25) is 0 Å². The van der Waals surface area contributed by atoms with E-state index >= 15 is 0 Å². The molecule has 0 aliphatic carbocycles. The molecule has 1 N–H and O–H groups in total. The number of hydrogen-bond donors (Lipinski definition) is 1.